The van der Waals surface area contributed by atoms with Gasteiger partial charge in [0, 0.05) is 11.0 Å². The van der Waals surface area contributed by atoms with Crippen molar-refractivity contribution < 1.29 is 5.11 Å². The Kier molecular flexibility index (Phi) is 9.43. The quantitative estimate of drug-likeness (QED) is 0.197. The molecule has 4 aliphatic carbocycles. The van der Waals surface area contributed by atoms with Crippen LogP contribution in [-0.2, 0) is 0 Å². The third kappa shape index (κ3) is 5.21. The molecule has 8 atom stereocenters. The maximum Gasteiger partial charge on any atom is 0.0436 e. The smallest absolute Gasteiger partial charge is 0.0436 e. The Balaban J connectivity index is 0.000000181. The van der Waals surface area contributed by atoms with Gasteiger partial charge in [-0.2, -0.15) is 0 Å². The van der Waals surface area contributed by atoms with E-state index in [9.17, 15) is 0 Å². The van der Waals surface area contributed by atoms with Crippen molar-refractivity contribution in [2.45, 2.75) is 106 Å². The van der Waals surface area contributed by atoms with Crippen LogP contribution in [0.5, 0.6) is 0 Å². The number of hydrogen-bond donors (Lipinski definition) is 1. The van der Waals surface area contributed by atoms with Crippen LogP contribution in [0.2, 0.25) is 0 Å². The summed E-state index contributed by atoms with van der Waals surface area (Å²) in [6.45, 7) is 15.0. The molecule has 1 N–H and O–H groups in total. The number of hydrogen-bond acceptors (Lipinski definition) is 1. The number of allylic oxidation sites excluding steroid dienone is 4. The number of aliphatic hydroxyl groups is 1. The standard InChI is InChI=1S/C15H25I.C15H26O/c2*1-11-5-4-9-15(3)13(11)6-7-14(15)12(2)8-10-16/h7,11-13H,4-6,8-10H2,1-3H3;7,11-13,16H,4-6,8-10H2,1-3H3/t2*11-,12+,13+,15+/m11/s1. The molecule has 0 aromatic heterocycles. The third-order valence-electron chi connectivity index (χ3n) is 10.4. The van der Waals surface area contributed by atoms with Crippen LogP contribution in [0.15, 0.2) is 23.3 Å². The minimum atomic E-state index is 0.328. The van der Waals surface area contributed by atoms with E-state index in [1.54, 1.807) is 11.1 Å². The van der Waals surface area contributed by atoms with Crippen LogP contribution >= 0.6 is 22.6 Å². The first-order chi connectivity index (χ1) is 15.2. The highest BCUT2D eigenvalue weighted by atomic mass is 127. The SMILES string of the molecule is C[C@@H]1CCC[C@]2(C)C([C@@H](C)CCI)=CC[C@@H]12.C[C@@H]1CCC[C@]2(C)C([C@@H](C)CCO)=CC[C@@H]12. The first kappa shape index (κ1) is 26.8. The summed E-state index contributed by atoms with van der Waals surface area (Å²) < 4.78 is 1.30. The average molecular weight is 555 g/mol. The Bertz CT molecular complexity index is 622. The normalized spacial score (nSPS) is 40.4. The molecule has 0 heterocycles. The maximum absolute atomic E-state index is 9.10. The number of alkyl halides is 1. The van der Waals surface area contributed by atoms with Crippen molar-refractivity contribution in [3.63, 3.8) is 0 Å². The monoisotopic (exact) mass is 554 g/mol. The van der Waals surface area contributed by atoms with Gasteiger partial charge in [-0.05, 0) is 84.9 Å². The fourth-order valence-corrected chi connectivity index (χ4v) is 9.42. The number of rotatable bonds is 6. The molecule has 2 saturated carbocycles. The second-order valence-electron chi connectivity index (χ2n) is 12.4. The van der Waals surface area contributed by atoms with Gasteiger partial charge in [0.15, 0.2) is 0 Å². The third-order valence-corrected chi connectivity index (χ3v) is 11.0. The lowest BCUT2D eigenvalue weighted by Gasteiger charge is -2.44. The second-order valence-corrected chi connectivity index (χ2v) is 13.4. The lowest BCUT2D eigenvalue weighted by molar-refractivity contribution is 0.108. The van der Waals surface area contributed by atoms with Crippen LogP contribution in [-0.4, -0.2) is 16.1 Å². The lowest BCUT2D eigenvalue weighted by Crippen LogP contribution is -2.35. The molecule has 0 saturated heterocycles. The van der Waals surface area contributed by atoms with Gasteiger partial charge >= 0.3 is 0 Å². The van der Waals surface area contributed by atoms with E-state index in [0.29, 0.717) is 23.4 Å². The molecule has 4 rings (SSSR count). The fourth-order valence-electron chi connectivity index (χ4n) is 8.48. The van der Waals surface area contributed by atoms with Gasteiger partial charge in [0.1, 0.15) is 0 Å². The summed E-state index contributed by atoms with van der Waals surface area (Å²) in [5.41, 5.74) is 4.47. The lowest BCUT2D eigenvalue weighted by atomic mass is 9.60. The number of aliphatic hydroxyl groups excluding tert-OH is 1. The largest absolute Gasteiger partial charge is 0.396 e. The summed E-state index contributed by atoms with van der Waals surface area (Å²) in [5.74, 6) is 5.04. The van der Waals surface area contributed by atoms with Crippen LogP contribution in [0.1, 0.15) is 106 Å². The van der Waals surface area contributed by atoms with Crippen LogP contribution in [0.4, 0.5) is 0 Å². The van der Waals surface area contributed by atoms with Gasteiger partial charge in [0.25, 0.3) is 0 Å². The summed E-state index contributed by atoms with van der Waals surface area (Å²) in [5, 5.41) is 9.10. The summed E-state index contributed by atoms with van der Waals surface area (Å²) in [6.07, 6.45) is 18.5. The molecule has 0 aromatic carbocycles. The molecule has 0 unspecified atom stereocenters. The van der Waals surface area contributed by atoms with Crippen molar-refractivity contribution in [1.82, 2.24) is 0 Å². The van der Waals surface area contributed by atoms with Gasteiger partial charge < -0.3 is 5.11 Å². The minimum absolute atomic E-state index is 0.328. The van der Waals surface area contributed by atoms with Gasteiger partial charge in [0.05, 0.1) is 0 Å². The van der Waals surface area contributed by atoms with Gasteiger partial charge in [-0.25, -0.2) is 0 Å². The zero-order valence-electron chi connectivity index (χ0n) is 21.9. The molecule has 0 bridgehead atoms. The van der Waals surface area contributed by atoms with E-state index in [-0.39, 0.29) is 0 Å². The second kappa shape index (κ2) is 11.3. The van der Waals surface area contributed by atoms with Gasteiger partial charge in [-0.1, -0.05) is 113 Å². The zero-order valence-corrected chi connectivity index (χ0v) is 24.1. The zero-order chi connectivity index (χ0) is 23.5. The first-order valence-electron chi connectivity index (χ1n) is 13.8. The Morgan fingerprint density at radius 3 is 1.72 bits per heavy atom. The fraction of sp³-hybridized carbons (Fsp3) is 0.867. The number of halogens is 1. The van der Waals surface area contributed by atoms with Crippen molar-refractivity contribution in [2.24, 2.45) is 46.3 Å². The van der Waals surface area contributed by atoms with E-state index in [4.69, 9.17) is 5.11 Å². The Labute approximate surface area is 213 Å². The molecule has 184 valence electrons. The van der Waals surface area contributed by atoms with Crippen LogP contribution in [0, 0.1) is 46.3 Å². The van der Waals surface area contributed by atoms with E-state index in [0.717, 1.165) is 36.0 Å². The van der Waals surface area contributed by atoms with E-state index >= 15 is 0 Å². The highest BCUT2D eigenvalue weighted by Gasteiger charge is 2.47. The molecule has 0 aromatic rings. The van der Waals surface area contributed by atoms with Crippen molar-refractivity contribution in [3.8, 4) is 0 Å². The van der Waals surface area contributed by atoms with Gasteiger partial charge in [-0.3, -0.25) is 0 Å². The van der Waals surface area contributed by atoms with Gasteiger partial charge in [0.2, 0.25) is 0 Å². The predicted octanol–water partition coefficient (Wildman–Crippen LogP) is 9.00. The molecule has 4 aliphatic rings. The first-order valence-corrected chi connectivity index (χ1v) is 15.3. The summed E-state index contributed by atoms with van der Waals surface area (Å²) in [7, 11) is 0. The molecule has 0 amide bonds. The van der Waals surface area contributed by atoms with Crippen LogP contribution in [0.25, 0.3) is 0 Å². The van der Waals surface area contributed by atoms with Crippen molar-refractivity contribution >= 4 is 22.6 Å². The van der Waals surface area contributed by atoms with Crippen molar-refractivity contribution in [2.75, 3.05) is 11.0 Å². The predicted molar refractivity (Wildman–Crippen MR) is 148 cm³/mol. The minimum Gasteiger partial charge on any atom is -0.396 e. The molecule has 0 radical (unpaired) electrons. The Morgan fingerprint density at radius 2 is 1.31 bits per heavy atom. The topological polar surface area (TPSA) is 20.2 Å². The summed E-state index contributed by atoms with van der Waals surface area (Å²) in [6, 6.07) is 0. The highest BCUT2D eigenvalue weighted by Crippen LogP contribution is 2.57. The molecule has 2 heteroatoms. The summed E-state index contributed by atoms with van der Waals surface area (Å²) >= 11 is 2.52. The van der Waals surface area contributed by atoms with Crippen LogP contribution < -0.4 is 0 Å². The Hall–Kier alpha value is 0.170. The molecule has 32 heavy (non-hydrogen) atoms. The summed E-state index contributed by atoms with van der Waals surface area (Å²) in [4.78, 5) is 0. The highest BCUT2D eigenvalue weighted by molar-refractivity contribution is 14.1. The van der Waals surface area contributed by atoms with Crippen molar-refractivity contribution in [1.29, 1.82) is 0 Å². The van der Waals surface area contributed by atoms with Crippen LogP contribution in [0.3, 0.4) is 0 Å². The molecule has 2 fully saturated rings. The van der Waals surface area contributed by atoms with E-state index < -0.39 is 0 Å². The Morgan fingerprint density at radius 1 is 0.875 bits per heavy atom. The molecular formula is C30H51IO. The van der Waals surface area contributed by atoms with Crippen molar-refractivity contribution in [3.05, 3.63) is 23.3 Å². The number of fused-ring (bicyclic) bond motifs is 2. The van der Waals surface area contributed by atoms with E-state index in [1.165, 1.54) is 62.2 Å². The van der Waals surface area contributed by atoms with E-state index in [1.807, 2.05) is 0 Å². The molecular weight excluding hydrogens is 503 g/mol. The maximum atomic E-state index is 9.10. The van der Waals surface area contributed by atoms with E-state index in [2.05, 4.69) is 76.3 Å². The molecule has 0 spiro atoms. The molecule has 0 aliphatic heterocycles. The molecule has 1 nitrogen and oxygen atoms in total. The van der Waals surface area contributed by atoms with Gasteiger partial charge in [-0.15, -0.1) is 0 Å². The average Bonchev–Trinajstić information content (AvgIpc) is 3.27.